The van der Waals surface area contributed by atoms with Crippen molar-refractivity contribution in [3.8, 4) is 0 Å². The number of hydrogen-bond donors (Lipinski definition) is 2. The quantitative estimate of drug-likeness (QED) is 0.634. The van der Waals surface area contributed by atoms with Crippen LogP contribution in [-0.4, -0.2) is 28.6 Å². The normalized spacial score (nSPS) is 15.9. The van der Waals surface area contributed by atoms with Crippen LogP contribution in [0.1, 0.15) is 70.0 Å². The van der Waals surface area contributed by atoms with Gasteiger partial charge in [0.15, 0.2) is 0 Å². The van der Waals surface area contributed by atoms with Crippen LogP contribution in [0.4, 0.5) is 5.69 Å². The number of benzene rings is 1. The van der Waals surface area contributed by atoms with Crippen LogP contribution in [0.15, 0.2) is 48.8 Å². The lowest BCUT2D eigenvalue weighted by molar-refractivity contribution is -0.126. The van der Waals surface area contributed by atoms with Crippen molar-refractivity contribution in [1.82, 2.24) is 10.3 Å². The summed E-state index contributed by atoms with van der Waals surface area (Å²) in [5.41, 5.74) is 2.53. The maximum Gasteiger partial charge on any atom is 0.248 e. The first-order valence-electron chi connectivity index (χ1n) is 11.0. The number of nitrogens with zero attached hydrogens (tertiary/aromatic N) is 2. The number of carbonyl (C=O) groups is 2. The summed E-state index contributed by atoms with van der Waals surface area (Å²) in [6, 6.07) is 10.9. The number of anilines is 1. The highest BCUT2D eigenvalue weighted by molar-refractivity contribution is 7.81. The molecule has 2 aromatic rings. The molecule has 1 atom stereocenters. The van der Waals surface area contributed by atoms with Crippen LogP contribution in [0.3, 0.4) is 0 Å². The molecule has 1 N–H and O–H groups in total. The molecular weight excluding hydrogens is 406 g/mol. The van der Waals surface area contributed by atoms with E-state index in [0.29, 0.717) is 11.3 Å². The van der Waals surface area contributed by atoms with E-state index >= 15 is 0 Å². The lowest BCUT2D eigenvalue weighted by atomic mass is 9.87. The molecule has 166 valence electrons. The molecule has 0 aliphatic heterocycles. The molecule has 1 aromatic heterocycles. The standard InChI is InChI=1S/C25H33N3O2S/c1-25(2,3)19-11-13-21(14-12-19)28(22(29)17-31)23(18-8-7-15-26-16-18)24(30)27-20-9-5-4-6-10-20/h7-8,11-16,20,23,31H,4-6,9-10,17H2,1-3H3,(H,27,30)/t23-/m1/s1. The average Bonchev–Trinajstić information content (AvgIpc) is 2.77. The molecule has 1 aromatic carbocycles. The molecule has 5 nitrogen and oxygen atoms in total. The van der Waals surface area contributed by atoms with Crippen molar-refractivity contribution in [3.63, 3.8) is 0 Å². The number of hydrogen-bond acceptors (Lipinski definition) is 4. The third-order valence-corrected chi connectivity index (χ3v) is 6.14. The summed E-state index contributed by atoms with van der Waals surface area (Å²) in [6.07, 6.45) is 8.74. The van der Waals surface area contributed by atoms with Crippen molar-refractivity contribution in [3.05, 3.63) is 59.9 Å². The smallest absolute Gasteiger partial charge is 0.248 e. The minimum absolute atomic E-state index is 0.00196. The van der Waals surface area contributed by atoms with Gasteiger partial charge < -0.3 is 5.32 Å². The molecule has 6 heteroatoms. The fourth-order valence-corrected chi connectivity index (χ4v) is 4.27. The molecule has 0 bridgehead atoms. The number of pyridine rings is 1. The van der Waals surface area contributed by atoms with Gasteiger partial charge in [0.05, 0.1) is 5.75 Å². The Morgan fingerprint density at radius 1 is 1.13 bits per heavy atom. The zero-order chi connectivity index (χ0) is 22.4. The number of thiol groups is 1. The van der Waals surface area contributed by atoms with Gasteiger partial charge in [-0.2, -0.15) is 12.6 Å². The highest BCUT2D eigenvalue weighted by Gasteiger charge is 2.33. The predicted molar refractivity (Wildman–Crippen MR) is 128 cm³/mol. The summed E-state index contributed by atoms with van der Waals surface area (Å²) >= 11 is 4.24. The summed E-state index contributed by atoms with van der Waals surface area (Å²) in [6.45, 7) is 6.44. The van der Waals surface area contributed by atoms with Gasteiger partial charge in [-0.05, 0) is 42.0 Å². The van der Waals surface area contributed by atoms with Crippen LogP contribution in [0, 0.1) is 0 Å². The summed E-state index contributed by atoms with van der Waals surface area (Å²) in [5, 5.41) is 3.20. The number of aromatic nitrogens is 1. The molecule has 1 saturated carbocycles. The van der Waals surface area contributed by atoms with Gasteiger partial charge in [-0.3, -0.25) is 19.5 Å². The van der Waals surface area contributed by atoms with Crippen molar-refractivity contribution in [2.45, 2.75) is 70.4 Å². The van der Waals surface area contributed by atoms with Gasteiger partial charge in [0.25, 0.3) is 0 Å². The molecule has 3 rings (SSSR count). The van der Waals surface area contributed by atoms with E-state index in [9.17, 15) is 9.59 Å². The fourth-order valence-electron chi connectivity index (χ4n) is 4.12. The Labute approximate surface area is 191 Å². The summed E-state index contributed by atoms with van der Waals surface area (Å²) in [7, 11) is 0. The predicted octanol–water partition coefficient (Wildman–Crippen LogP) is 4.83. The van der Waals surface area contributed by atoms with Crippen LogP contribution < -0.4 is 10.2 Å². The van der Waals surface area contributed by atoms with Crippen LogP contribution in [0.5, 0.6) is 0 Å². The Hall–Kier alpha value is -2.34. The van der Waals surface area contributed by atoms with E-state index in [0.717, 1.165) is 25.7 Å². The van der Waals surface area contributed by atoms with Crippen molar-refractivity contribution in [2.75, 3.05) is 10.7 Å². The highest BCUT2D eigenvalue weighted by atomic mass is 32.1. The van der Waals surface area contributed by atoms with Gasteiger partial charge >= 0.3 is 0 Å². The first kappa shape index (κ1) is 23.3. The number of carbonyl (C=O) groups excluding carboxylic acids is 2. The zero-order valence-electron chi connectivity index (χ0n) is 18.7. The van der Waals surface area contributed by atoms with E-state index in [1.165, 1.54) is 12.0 Å². The molecule has 1 aliphatic rings. The Morgan fingerprint density at radius 3 is 2.35 bits per heavy atom. The molecule has 0 radical (unpaired) electrons. The van der Waals surface area contributed by atoms with Gasteiger partial charge in [0, 0.05) is 29.7 Å². The molecule has 0 unspecified atom stereocenters. The van der Waals surface area contributed by atoms with Gasteiger partial charge in [0.1, 0.15) is 6.04 Å². The number of amides is 2. The number of rotatable bonds is 6. The SMILES string of the molecule is CC(C)(C)c1ccc(N(C(=O)CS)[C@@H](C(=O)NC2CCCCC2)c2cccnc2)cc1. The van der Waals surface area contributed by atoms with Crippen molar-refractivity contribution in [1.29, 1.82) is 0 Å². The average molecular weight is 440 g/mol. The summed E-state index contributed by atoms with van der Waals surface area (Å²) < 4.78 is 0. The van der Waals surface area contributed by atoms with Crippen molar-refractivity contribution < 1.29 is 9.59 Å². The Kier molecular flexibility index (Phi) is 7.76. The maximum absolute atomic E-state index is 13.5. The largest absolute Gasteiger partial charge is 0.351 e. The summed E-state index contributed by atoms with van der Waals surface area (Å²) in [5.74, 6) is -0.386. The first-order valence-corrected chi connectivity index (χ1v) is 11.7. The maximum atomic E-state index is 13.5. The van der Waals surface area contributed by atoms with Gasteiger partial charge in [-0.15, -0.1) is 0 Å². The van der Waals surface area contributed by atoms with E-state index in [-0.39, 0.29) is 29.0 Å². The third-order valence-electron chi connectivity index (χ3n) is 5.87. The first-order chi connectivity index (χ1) is 14.8. The molecule has 2 amide bonds. The molecule has 31 heavy (non-hydrogen) atoms. The Balaban J connectivity index is 1.99. The lowest BCUT2D eigenvalue weighted by Crippen LogP contribution is -2.47. The molecule has 1 heterocycles. The van der Waals surface area contributed by atoms with Crippen LogP contribution in [0.2, 0.25) is 0 Å². The van der Waals surface area contributed by atoms with E-state index < -0.39 is 6.04 Å². The second-order valence-corrected chi connectivity index (χ2v) is 9.57. The topological polar surface area (TPSA) is 62.3 Å². The number of nitrogens with one attached hydrogen (secondary N) is 1. The van der Waals surface area contributed by atoms with Crippen LogP contribution in [-0.2, 0) is 15.0 Å². The fraction of sp³-hybridized carbons (Fsp3) is 0.480. The van der Waals surface area contributed by atoms with Gasteiger partial charge in [0.2, 0.25) is 11.8 Å². The minimum atomic E-state index is -0.796. The second kappa shape index (κ2) is 10.3. The molecule has 1 aliphatic carbocycles. The molecule has 1 fully saturated rings. The summed E-state index contributed by atoms with van der Waals surface area (Å²) in [4.78, 5) is 32.3. The van der Waals surface area contributed by atoms with E-state index in [2.05, 4.69) is 43.7 Å². The monoisotopic (exact) mass is 439 g/mol. The Bertz CT molecular complexity index is 872. The molecule has 0 spiro atoms. The minimum Gasteiger partial charge on any atom is -0.351 e. The van der Waals surface area contributed by atoms with Crippen LogP contribution in [0.25, 0.3) is 0 Å². The molecular formula is C25H33N3O2S. The van der Waals surface area contributed by atoms with Crippen molar-refractivity contribution >= 4 is 30.1 Å². The highest BCUT2D eigenvalue weighted by Crippen LogP contribution is 2.31. The zero-order valence-corrected chi connectivity index (χ0v) is 19.6. The van der Waals surface area contributed by atoms with E-state index in [1.807, 2.05) is 30.3 Å². The second-order valence-electron chi connectivity index (χ2n) is 9.25. The lowest BCUT2D eigenvalue weighted by Gasteiger charge is -2.33. The molecule has 0 saturated heterocycles. The van der Waals surface area contributed by atoms with Gasteiger partial charge in [-0.1, -0.05) is 58.2 Å². The van der Waals surface area contributed by atoms with E-state index in [4.69, 9.17) is 0 Å². The third kappa shape index (κ3) is 5.88. The van der Waals surface area contributed by atoms with E-state index in [1.54, 1.807) is 23.4 Å². The van der Waals surface area contributed by atoms with Crippen LogP contribution >= 0.6 is 12.6 Å². The van der Waals surface area contributed by atoms with Gasteiger partial charge in [-0.25, -0.2) is 0 Å². The Morgan fingerprint density at radius 2 is 1.81 bits per heavy atom. The van der Waals surface area contributed by atoms with Crippen molar-refractivity contribution in [2.24, 2.45) is 0 Å².